The summed E-state index contributed by atoms with van der Waals surface area (Å²) in [6.45, 7) is 5.84. The Morgan fingerprint density at radius 3 is 2.46 bits per heavy atom. The van der Waals surface area contributed by atoms with Crippen LogP contribution < -0.4 is 5.56 Å². The molecule has 130 valence electrons. The van der Waals surface area contributed by atoms with E-state index in [2.05, 4.69) is 10.00 Å². The van der Waals surface area contributed by atoms with Crippen molar-refractivity contribution in [2.45, 2.75) is 25.8 Å². The van der Waals surface area contributed by atoms with Crippen LogP contribution in [0.4, 0.5) is 0 Å². The first kappa shape index (κ1) is 17.1. The van der Waals surface area contributed by atoms with Crippen LogP contribution in [0.2, 0.25) is 0 Å². The molecule has 0 amide bonds. The Kier molecular flexibility index (Phi) is 4.71. The van der Waals surface area contributed by atoms with E-state index in [4.69, 9.17) is 0 Å². The van der Waals surface area contributed by atoms with Gasteiger partial charge in [-0.05, 0) is 19.9 Å². The van der Waals surface area contributed by atoms with Crippen molar-refractivity contribution in [3.63, 3.8) is 0 Å². The van der Waals surface area contributed by atoms with Gasteiger partial charge in [0.05, 0.1) is 23.5 Å². The van der Waals surface area contributed by atoms with Crippen LogP contribution in [0, 0.1) is 0 Å². The minimum Gasteiger partial charge on any atom is -0.282 e. The molecule has 1 aromatic heterocycles. The Morgan fingerprint density at radius 2 is 1.79 bits per heavy atom. The molecule has 0 aliphatic carbocycles. The Morgan fingerprint density at radius 1 is 1.12 bits per heavy atom. The van der Waals surface area contributed by atoms with Gasteiger partial charge in [0.15, 0.2) is 0 Å². The summed E-state index contributed by atoms with van der Waals surface area (Å²) < 4.78 is 27.4. The molecule has 0 N–H and O–H groups in total. The fraction of sp³-hybridized carbons (Fsp3) is 0.500. The van der Waals surface area contributed by atoms with Crippen molar-refractivity contribution in [1.82, 2.24) is 19.0 Å². The summed E-state index contributed by atoms with van der Waals surface area (Å²) in [4.78, 5) is 14.5. The Hall–Kier alpha value is -1.77. The summed E-state index contributed by atoms with van der Waals surface area (Å²) in [5, 5.41) is 5.29. The molecule has 2 heterocycles. The van der Waals surface area contributed by atoms with Crippen LogP contribution in [0.25, 0.3) is 10.8 Å². The molecule has 7 nitrogen and oxygen atoms in total. The molecule has 0 bridgehead atoms. The van der Waals surface area contributed by atoms with Crippen molar-refractivity contribution >= 4 is 20.8 Å². The summed E-state index contributed by atoms with van der Waals surface area (Å²) >= 11 is 0. The van der Waals surface area contributed by atoms with E-state index >= 15 is 0 Å². The smallest absolute Gasteiger partial charge is 0.275 e. The molecule has 0 radical (unpaired) electrons. The molecule has 0 spiro atoms. The summed E-state index contributed by atoms with van der Waals surface area (Å²) in [7, 11) is -3.21. The van der Waals surface area contributed by atoms with Gasteiger partial charge in [-0.3, -0.25) is 9.69 Å². The number of sulfonamides is 1. The van der Waals surface area contributed by atoms with Gasteiger partial charge in [0, 0.05) is 31.6 Å². The number of fused-ring (bicyclic) bond motifs is 1. The van der Waals surface area contributed by atoms with Crippen molar-refractivity contribution in [1.29, 1.82) is 0 Å². The van der Waals surface area contributed by atoms with Gasteiger partial charge in [0.1, 0.15) is 0 Å². The molecule has 0 saturated carbocycles. The number of benzene rings is 1. The number of piperazine rings is 1. The molecule has 0 atom stereocenters. The minimum absolute atomic E-state index is 0.120. The van der Waals surface area contributed by atoms with Gasteiger partial charge in [-0.15, -0.1) is 0 Å². The molecule has 0 unspecified atom stereocenters. The highest BCUT2D eigenvalue weighted by Crippen LogP contribution is 2.13. The number of aromatic nitrogens is 2. The van der Waals surface area contributed by atoms with Crippen LogP contribution in [-0.4, -0.2) is 58.8 Å². The topological polar surface area (TPSA) is 75.5 Å². The van der Waals surface area contributed by atoms with E-state index in [1.807, 2.05) is 18.2 Å². The van der Waals surface area contributed by atoms with Crippen LogP contribution in [0.15, 0.2) is 35.3 Å². The predicted octanol–water partition coefficient (Wildman–Crippen LogP) is 0.710. The lowest BCUT2D eigenvalue weighted by molar-refractivity contribution is 0.143. The standard InChI is InChI=1S/C16H22N4O3S/c1-13(2)24(22,23)19-9-7-18(8-10-19)12-20-16(21)15-6-4-3-5-14(15)11-17-20/h3-6,11,13H,7-10,12H2,1-2H3. The Labute approximate surface area is 141 Å². The lowest BCUT2D eigenvalue weighted by atomic mass is 10.2. The van der Waals surface area contributed by atoms with Crippen molar-refractivity contribution in [3.8, 4) is 0 Å². The maximum absolute atomic E-state index is 12.5. The largest absolute Gasteiger partial charge is 0.282 e. The van der Waals surface area contributed by atoms with E-state index in [0.29, 0.717) is 38.2 Å². The van der Waals surface area contributed by atoms with Gasteiger partial charge in [-0.25, -0.2) is 13.1 Å². The second-order valence-corrected chi connectivity index (χ2v) is 8.78. The molecule has 3 rings (SSSR count). The number of rotatable bonds is 4. The van der Waals surface area contributed by atoms with Gasteiger partial charge < -0.3 is 0 Å². The molecule has 24 heavy (non-hydrogen) atoms. The lowest BCUT2D eigenvalue weighted by Gasteiger charge is -2.34. The van der Waals surface area contributed by atoms with Crippen LogP contribution in [-0.2, 0) is 16.7 Å². The van der Waals surface area contributed by atoms with E-state index in [0.717, 1.165) is 5.39 Å². The normalized spacial score (nSPS) is 17.6. The monoisotopic (exact) mass is 350 g/mol. The highest BCUT2D eigenvalue weighted by Gasteiger charge is 2.29. The Balaban J connectivity index is 1.71. The molecule has 1 aliphatic heterocycles. The zero-order chi connectivity index (χ0) is 17.3. The first-order valence-electron chi connectivity index (χ1n) is 8.06. The van der Waals surface area contributed by atoms with Crippen molar-refractivity contribution in [2.24, 2.45) is 0 Å². The molecular weight excluding hydrogens is 328 g/mol. The quantitative estimate of drug-likeness (QED) is 0.812. The van der Waals surface area contributed by atoms with Gasteiger partial charge >= 0.3 is 0 Å². The van der Waals surface area contributed by atoms with Gasteiger partial charge in [0.25, 0.3) is 5.56 Å². The van der Waals surface area contributed by atoms with Crippen LogP contribution >= 0.6 is 0 Å². The van der Waals surface area contributed by atoms with Crippen LogP contribution in [0.5, 0.6) is 0 Å². The van der Waals surface area contributed by atoms with E-state index < -0.39 is 15.3 Å². The maximum atomic E-state index is 12.5. The molecule has 1 aromatic carbocycles. The molecule has 1 aliphatic rings. The summed E-state index contributed by atoms with van der Waals surface area (Å²) in [6, 6.07) is 7.37. The predicted molar refractivity (Wildman–Crippen MR) is 93.2 cm³/mol. The van der Waals surface area contributed by atoms with Crippen molar-refractivity contribution < 1.29 is 8.42 Å². The van der Waals surface area contributed by atoms with Crippen molar-refractivity contribution in [2.75, 3.05) is 26.2 Å². The van der Waals surface area contributed by atoms with Crippen molar-refractivity contribution in [3.05, 3.63) is 40.8 Å². The third-order valence-corrected chi connectivity index (χ3v) is 6.66. The number of nitrogens with zero attached hydrogens (tertiary/aromatic N) is 4. The first-order valence-corrected chi connectivity index (χ1v) is 9.56. The average molecular weight is 350 g/mol. The molecular formula is C16H22N4O3S. The summed E-state index contributed by atoms with van der Waals surface area (Å²) in [5.74, 6) is 0. The third kappa shape index (κ3) is 3.22. The van der Waals surface area contributed by atoms with Gasteiger partial charge in [-0.1, -0.05) is 18.2 Å². The van der Waals surface area contributed by atoms with Gasteiger partial charge in [-0.2, -0.15) is 9.40 Å². The molecule has 1 saturated heterocycles. The number of hydrogen-bond acceptors (Lipinski definition) is 5. The second kappa shape index (κ2) is 6.62. The highest BCUT2D eigenvalue weighted by molar-refractivity contribution is 7.89. The number of hydrogen-bond donors (Lipinski definition) is 0. The molecule has 1 fully saturated rings. The van der Waals surface area contributed by atoms with Crippen LogP contribution in [0.3, 0.4) is 0 Å². The second-order valence-electron chi connectivity index (χ2n) is 6.29. The maximum Gasteiger partial charge on any atom is 0.275 e. The summed E-state index contributed by atoms with van der Waals surface area (Å²) in [6.07, 6.45) is 1.69. The van der Waals surface area contributed by atoms with Gasteiger partial charge in [0.2, 0.25) is 10.0 Å². The van der Waals surface area contributed by atoms with E-state index in [1.54, 1.807) is 26.1 Å². The third-order valence-electron chi connectivity index (χ3n) is 4.38. The fourth-order valence-corrected chi connectivity index (χ4v) is 4.11. The molecule has 8 heteroatoms. The summed E-state index contributed by atoms with van der Waals surface area (Å²) in [5.41, 5.74) is -0.120. The minimum atomic E-state index is -3.21. The zero-order valence-electron chi connectivity index (χ0n) is 13.9. The SMILES string of the molecule is CC(C)S(=O)(=O)N1CCN(Cn2ncc3ccccc3c2=O)CC1. The molecule has 2 aromatic rings. The van der Waals surface area contributed by atoms with E-state index in [-0.39, 0.29) is 5.56 Å². The van der Waals surface area contributed by atoms with Crippen LogP contribution in [0.1, 0.15) is 13.8 Å². The van der Waals surface area contributed by atoms with E-state index in [1.165, 1.54) is 8.99 Å². The Bertz CT molecular complexity index is 884. The highest BCUT2D eigenvalue weighted by atomic mass is 32.2. The lowest BCUT2D eigenvalue weighted by Crippen LogP contribution is -2.51. The van der Waals surface area contributed by atoms with E-state index in [9.17, 15) is 13.2 Å². The average Bonchev–Trinajstić information content (AvgIpc) is 2.58. The fourth-order valence-electron chi connectivity index (χ4n) is 2.84. The zero-order valence-corrected chi connectivity index (χ0v) is 14.7. The first-order chi connectivity index (χ1) is 11.4.